The van der Waals surface area contributed by atoms with Crippen LogP contribution in [-0.4, -0.2) is 20.8 Å². The number of nitrogens with zero attached hydrogens (tertiary/aromatic N) is 2. The van der Waals surface area contributed by atoms with E-state index in [1.165, 1.54) is 25.7 Å². The van der Waals surface area contributed by atoms with Crippen LogP contribution >= 0.6 is 12.2 Å². The summed E-state index contributed by atoms with van der Waals surface area (Å²) in [6.45, 7) is 6.64. The van der Waals surface area contributed by atoms with Gasteiger partial charge in [-0.3, -0.25) is 4.68 Å². The molecule has 0 aromatic carbocycles. The number of thiocarbonyl (C=S) groups is 1. The van der Waals surface area contributed by atoms with E-state index in [0.29, 0.717) is 16.4 Å². The van der Waals surface area contributed by atoms with E-state index in [1.807, 2.05) is 18.7 Å². The number of nitrogens with two attached hydrogens (primary N) is 1. The maximum Gasteiger partial charge on any atom is 0.134 e. The Hall–Kier alpha value is -1.10. The molecule has 0 radical (unpaired) electrons. The largest absolute Gasteiger partial charge is 0.389 e. The minimum atomic E-state index is 0.421. The molecule has 0 spiro atoms. The highest BCUT2D eigenvalue weighted by atomic mass is 32.1. The number of hydrogen-bond donors (Lipinski definition) is 2. The second-order valence-electron chi connectivity index (χ2n) is 6.38. The zero-order valence-electron chi connectivity index (χ0n) is 12.3. The van der Waals surface area contributed by atoms with E-state index in [9.17, 15) is 0 Å². The van der Waals surface area contributed by atoms with Crippen molar-refractivity contribution in [2.24, 2.45) is 18.2 Å². The lowest BCUT2D eigenvalue weighted by Gasteiger charge is -2.35. The minimum absolute atomic E-state index is 0.421. The lowest BCUT2D eigenvalue weighted by molar-refractivity contribution is 0.232. The third kappa shape index (κ3) is 3.08. The standard InChI is InChI=1S/C14H24N4S/c1-9-11(12(15)19)13(18(4)17-9)16-10-5-7-14(2,3)8-6-10/h10,16H,5-8H2,1-4H3,(H2,15,19). The molecule has 3 N–H and O–H groups in total. The van der Waals surface area contributed by atoms with Gasteiger partial charge in [-0.15, -0.1) is 0 Å². The molecule has 0 aliphatic heterocycles. The van der Waals surface area contributed by atoms with Gasteiger partial charge < -0.3 is 11.1 Å². The topological polar surface area (TPSA) is 55.9 Å². The summed E-state index contributed by atoms with van der Waals surface area (Å²) in [7, 11) is 1.93. The Balaban J connectivity index is 2.14. The van der Waals surface area contributed by atoms with Crippen LogP contribution in [0.5, 0.6) is 0 Å². The van der Waals surface area contributed by atoms with Crippen LogP contribution in [0.4, 0.5) is 5.82 Å². The van der Waals surface area contributed by atoms with Gasteiger partial charge in [0.2, 0.25) is 0 Å². The molecule has 1 aromatic heterocycles. The monoisotopic (exact) mass is 280 g/mol. The van der Waals surface area contributed by atoms with E-state index < -0.39 is 0 Å². The second-order valence-corrected chi connectivity index (χ2v) is 6.82. The van der Waals surface area contributed by atoms with Crippen LogP contribution in [0.3, 0.4) is 0 Å². The summed E-state index contributed by atoms with van der Waals surface area (Å²) in [4.78, 5) is 0.421. The highest BCUT2D eigenvalue weighted by Gasteiger charge is 2.28. The first-order chi connectivity index (χ1) is 8.80. The fraction of sp³-hybridized carbons (Fsp3) is 0.714. The Bertz CT molecular complexity index is 480. The summed E-state index contributed by atoms with van der Waals surface area (Å²) in [5.74, 6) is 0.967. The molecule has 0 unspecified atom stereocenters. The SMILES string of the molecule is Cc1nn(C)c(NC2CCC(C)(C)CC2)c1C(N)=S. The van der Waals surface area contributed by atoms with Crippen LogP contribution in [0.2, 0.25) is 0 Å². The normalized spacial score (nSPS) is 19.4. The van der Waals surface area contributed by atoms with Gasteiger partial charge in [-0.25, -0.2) is 0 Å². The van der Waals surface area contributed by atoms with Crippen LogP contribution in [0.1, 0.15) is 50.8 Å². The number of aryl methyl sites for hydroxylation is 2. The number of anilines is 1. The minimum Gasteiger partial charge on any atom is -0.389 e. The molecule has 1 aromatic rings. The Kier molecular flexibility index (Phi) is 3.85. The van der Waals surface area contributed by atoms with Crippen molar-refractivity contribution in [3.63, 3.8) is 0 Å². The van der Waals surface area contributed by atoms with E-state index >= 15 is 0 Å². The number of hydrogen-bond acceptors (Lipinski definition) is 3. The first-order valence-corrected chi connectivity index (χ1v) is 7.31. The van der Waals surface area contributed by atoms with Gasteiger partial charge in [0.1, 0.15) is 10.8 Å². The predicted molar refractivity (Wildman–Crippen MR) is 83.5 cm³/mol. The first-order valence-electron chi connectivity index (χ1n) is 6.90. The summed E-state index contributed by atoms with van der Waals surface area (Å²) >= 11 is 5.14. The molecular formula is C14H24N4S. The van der Waals surface area contributed by atoms with E-state index in [4.69, 9.17) is 18.0 Å². The van der Waals surface area contributed by atoms with Crippen molar-refractivity contribution in [2.75, 3.05) is 5.32 Å². The van der Waals surface area contributed by atoms with Crippen molar-refractivity contribution in [2.45, 2.75) is 52.5 Å². The maximum absolute atomic E-state index is 5.82. The molecule has 5 heteroatoms. The van der Waals surface area contributed by atoms with Gasteiger partial charge in [-0.2, -0.15) is 5.10 Å². The van der Waals surface area contributed by atoms with Crippen molar-refractivity contribution in [1.82, 2.24) is 9.78 Å². The third-order valence-corrected chi connectivity index (χ3v) is 4.35. The predicted octanol–water partition coefficient (Wildman–Crippen LogP) is 2.74. The fourth-order valence-corrected chi connectivity index (χ4v) is 3.10. The molecule has 1 aliphatic carbocycles. The molecule has 0 bridgehead atoms. The van der Waals surface area contributed by atoms with Crippen LogP contribution < -0.4 is 11.1 Å². The first kappa shape index (κ1) is 14.3. The van der Waals surface area contributed by atoms with Gasteiger partial charge in [0.25, 0.3) is 0 Å². The van der Waals surface area contributed by atoms with E-state index in [1.54, 1.807) is 0 Å². The molecule has 19 heavy (non-hydrogen) atoms. The van der Waals surface area contributed by atoms with E-state index in [-0.39, 0.29) is 0 Å². The van der Waals surface area contributed by atoms with Crippen molar-refractivity contribution in [3.05, 3.63) is 11.3 Å². The Labute approximate surface area is 120 Å². The lowest BCUT2D eigenvalue weighted by Crippen LogP contribution is -2.31. The molecule has 2 rings (SSSR count). The molecule has 0 saturated heterocycles. The van der Waals surface area contributed by atoms with Crippen molar-refractivity contribution >= 4 is 23.0 Å². The van der Waals surface area contributed by atoms with Gasteiger partial charge in [0.15, 0.2) is 0 Å². The summed E-state index contributed by atoms with van der Waals surface area (Å²) in [6, 6.07) is 0.496. The second kappa shape index (κ2) is 5.12. The smallest absolute Gasteiger partial charge is 0.134 e. The zero-order chi connectivity index (χ0) is 14.2. The number of nitrogens with one attached hydrogen (secondary N) is 1. The fourth-order valence-electron chi connectivity index (χ4n) is 2.86. The Morgan fingerprint density at radius 3 is 2.53 bits per heavy atom. The lowest BCUT2D eigenvalue weighted by atomic mass is 9.75. The van der Waals surface area contributed by atoms with Crippen LogP contribution in [0.25, 0.3) is 0 Å². The summed E-state index contributed by atoms with van der Waals surface area (Å²) in [5, 5.41) is 8.00. The highest BCUT2D eigenvalue weighted by Crippen LogP contribution is 2.36. The summed E-state index contributed by atoms with van der Waals surface area (Å²) in [5.41, 5.74) is 8.08. The Morgan fingerprint density at radius 1 is 1.42 bits per heavy atom. The van der Waals surface area contributed by atoms with Crippen molar-refractivity contribution in [1.29, 1.82) is 0 Å². The van der Waals surface area contributed by atoms with Crippen LogP contribution in [0.15, 0.2) is 0 Å². The zero-order valence-corrected chi connectivity index (χ0v) is 13.1. The van der Waals surface area contributed by atoms with Gasteiger partial charge >= 0.3 is 0 Å². The molecule has 1 saturated carbocycles. The van der Waals surface area contributed by atoms with Crippen molar-refractivity contribution in [3.8, 4) is 0 Å². The number of rotatable bonds is 3. The summed E-state index contributed by atoms with van der Waals surface area (Å²) < 4.78 is 1.85. The van der Waals surface area contributed by atoms with E-state index in [0.717, 1.165) is 17.1 Å². The molecule has 0 atom stereocenters. The Morgan fingerprint density at radius 2 is 2.00 bits per heavy atom. The average Bonchev–Trinajstić information content (AvgIpc) is 2.56. The molecule has 0 amide bonds. The van der Waals surface area contributed by atoms with Gasteiger partial charge in [0.05, 0.1) is 11.3 Å². The highest BCUT2D eigenvalue weighted by molar-refractivity contribution is 7.80. The average molecular weight is 280 g/mol. The van der Waals surface area contributed by atoms with Crippen LogP contribution in [-0.2, 0) is 7.05 Å². The molecule has 1 aliphatic rings. The quantitative estimate of drug-likeness (QED) is 0.836. The summed E-state index contributed by atoms with van der Waals surface area (Å²) in [6.07, 6.45) is 4.88. The molecule has 4 nitrogen and oxygen atoms in total. The van der Waals surface area contributed by atoms with Crippen molar-refractivity contribution < 1.29 is 0 Å². The molecule has 1 fully saturated rings. The van der Waals surface area contributed by atoms with Gasteiger partial charge in [-0.05, 0) is 38.0 Å². The van der Waals surface area contributed by atoms with Gasteiger partial charge in [-0.1, -0.05) is 26.1 Å². The third-order valence-electron chi connectivity index (χ3n) is 4.15. The van der Waals surface area contributed by atoms with Crippen LogP contribution in [0, 0.1) is 12.3 Å². The molecular weight excluding hydrogens is 256 g/mol. The van der Waals surface area contributed by atoms with Gasteiger partial charge in [0, 0.05) is 13.1 Å². The van der Waals surface area contributed by atoms with E-state index in [2.05, 4.69) is 24.3 Å². The number of aromatic nitrogens is 2. The molecule has 106 valence electrons. The molecule has 1 heterocycles. The maximum atomic E-state index is 5.82.